The predicted octanol–water partition coefficient (Wildman–Crippen LogP) is 3.07. The van der Waals surface area contributed by atoms with Crippen LogP contribution < -0.4 is 5.43 Å². The number of benzene rings is 1. The maximum Gasteiger partial charge on any atom is 0.179 e. The van der Waals surface area contributed by atoms with Crippen molar-refractivity contribution in [2.45, 2.75) is 6.42 Å². The fourth-order valence-corrected chi connectivity index (χ4v) is 3.37. The zero-order valence-electron chi connectivity index (χ0n) is 10.1. The highest BCUT2D eigenvalue weighted by Gasteiger charge is 2.21. The number of hydrogen-bond acceptors (Lipinski definition) is 1. The van der Waals surface area contributed by atoms with Gasteiger partial charge in [0.2, 0.25) is 0 Å². The molecule has 1 aliphatic carbocycles. The molecule has 0 radical (unpaired) electrons. The van der Waals surface area contributed by atoms with Crippen molar-refractivity contribution >= 4 is 32.4 Å². The second-order valence-electron chi connectivity index (χ2n) is 5.24. The van der Waals surface area contributed by atoms with E-state index in [1.807, 2.05) is 12.1 Å². The summed E-state index contributed by atoms with van der Waals surface area (Å²) in [6.07, 6.45) is 0.969. The van der Waals surface area contributed by atoms with Crippen LogP contribution in [0.2, 0.25) is 0 Å². The number of fused-ring (bicyclic) bond motifs is 3. The normalized spacial score (nSPS) is 13.3. The van der Waals surface area contributed by atoms with Crippen LogP contribution in [0.1, 0.15) is 11.3 Å². The van der Waals surface area contributed by atoms with Crippen molar-refractivity contribution in [2.75, 3.05) is 0 Å². The second kappa shape index (κ2) is 2.88. The Hall–Kier alpha value is -2.55. The maximum absolute atomic E-state index is 11.7. The SMILES string of the molecule is O=c1cccc2cc3c(cc4c5[nH][nH]c(c53)C4)c2c1. The number of rotatable bonds is 0. The first kappa shape index (κ1) is 9.39. The van der Waals surface area contributed by atoms with Crippen molar-refractivity contribution in [3.8, 4) is 0 Å². The Kier molecular flexibility index (Phi) is 1.42. The Morgan fingerprint density at radius 3 is 2.84 bits per heavy atom. The highest BCUT2D eigenvalue weighted by atomic mass is 16.1. The van der Waals surface area contributed by atoms with Gasteiger partial charge in [0, 0.05) is 17.5 Å². The summed E-state index contributed by atoms with van der Waals surface area (Å²) in [4.78, 5) is 11.7. The van der Waals surface area contributed by atoms with Crippen LogP contribution in [0, 0.1) is 0 Å². The van der Waals surface area contributed by atoms with Crippen molar-refractivity contribution in [3.63, 3.8) is 0 Å². The summed E-state index contributed by atoms with van der Waals surface area (Å²) in [7, 11) is 0. The molecule has 90 valence electrons. The Labute approximate surface area is 107 Å². The average Bonchev–Trinajstić information content (AvgIpc) is 2.98. The van der Waals surface area contributed by atoms with Gasteiger partial charge in [0.05, 0.1) is 5.52 Å². The van der Waals surface area contributed by atoms with Gasteiger partial charge in [0.1, 0.15) is 0 Å². The van der Waals surface area contributed by atoms with Crippen LogP contribution in [-0.4, -0.2) is 10.2 Å². The molecule has 0 saturated heterocycles. The van der Waals surface area contributed by atoms with E-state index in [0.717, 1.165) is 17.2 Å². The molecule has 0 unspecified atom stereocenters. The minimum absolute atomic E-state index is 0.0595. The number of H-pyrrole nitrogens is 2. The largest absolute Gasteiger partial charge is 0.304 e. The van der Waals surface area contributed by atoms with Gasteiger partial charge in [-0.1, -0.05) is 12.1 Å². The molecule has 0 saturated carbocycles. The molecule has 5 rings (SSSR count). The van der Waals surface area contributed by atoms with Crippen molar-refractivity contribution in [3.05, 3.63) is 57.9 Å². The molecule has 19 heavy (non-hydrogen) atoms. The lowest BCUT2D eigenvalue weighted by Gasteiger charge is -1.97. The van der Waals surface area contributed by atoms with E-state index in [4.69, 9.17) is 0 Å². The van der Waals surface area contributed by atoms with Crippen LogP contribution >= 0.6 is 0 Å². The van der Waals surface area contributed by atoms with Crippen molar-refractivity contribution in [1.29, 1.82) is 0 Å². The topological polar surface area (TPSA) is 48.6 Å². The Bertz CT molecular complexity index is 1050. The summed E-state index contributed by atoms with van der Waals surface area (Å²) in [6.45, 7) is 0. The van der Waals surface area contributed by atoms with Crippen molar-refractivity contribution in [2.24, 2.45) is 0 Å². The summed E-state index contributed by atoms with van der Waals surface area (Å²) in [5.74, 6) is 0. The molecule has 1 heterocycles. The molecule has 1 aliphatic rings. The number of hydrogen-bond donors (Lipinski definition) is 2. The molecule has 2 N–H and O–H groups in total. The summed E-state index contributed by atoms with van der Waals surface area (Å²) in [5, 5.41) is 12.4. The van der Waals surface area contributed by atoms with E-state index in [-0.39, 0.29) is 5.43 Å². The van der Waals surface area contributed by atoms with Gasteiger partial charge in [-0.3, -0.25) is 4.79 Å². The van der Waals surface area contributed by atoms with Gasteiger partial charge in [-0.25, -0.2) is 0 Å². The second-order valence-corrected chi connectivity index (χ2v) is 5.24. The van der Waals surface area contributed by atoms with Gasteiger partial charge in [0.15, 0.2) is 5.43 Å². The smallest absolute Gasteiger partial charge is 0.179 e. The highest BCUT2D eigenvalue weighted by molar-refractivity contribution is 6.22. The lowest BCUT2D eigenvalue weighted by atomic mass is 10.1. The first-order chi connectivity index (χ1) is 9.31. The third-order valence-corrected chi connectivity index (χ3v) is 4.18. The maximum atomic E-state index is 11.7. The van der Waals surface area contributed by atoms with Gasteiger partial charge >= 0.3 is 0 Å². The Morgan fingerprint density at radius 1 is 0.947 bits per heavy atom. The molecule has 3 nitrogen and oxygen atoms in total. The predicted molar refractivity (Wildman–Crippen MR) is 76.7 cm³/mol. The van der Waals surface area contributed by atoms with E-state index in [9.17, 15) is 4.79 Å². The Balaban J connectivity index is 2.16. The van der Waals surface area contributed by atoms with Crippen LogP contribution in [0.15, 0.2) is 41.2 Å². The van der Waals surface area contributed by atoms with E-state index in [2.05, 4.69) is 22.3 Å². The van der Waals surface area contributed by atoms with Crippen molar-refractivity contribution < 1.29 is 0 Å². The molecule has 3 heteroatoms. The van der Waals surface area contributed by atoms with Crippen LogP contribution in [-0.2, 0) is 6.42 Å². The standard InChI is InChI=1S/C16H10N2O/c19-10-3-1-2-8-4-13-12(11(8)7-10)5-9-6-14-15(13)16(9)18-17-14/h1-5,7,17-18H,6H2. The molecular formula is C16H10N2O. The first-order valence-electron chi connectivity index (χ1n) is 6.39. The molecule has 1 aromatic heterocycles. The van der Waals surface area contributed by atoms with Gasteiger partial charge in [0.25, 0.3) is 0 Å². The van der Waals surface area contributed by atoms with Gasteiger partial charge in [-0.2, -0.15) is 0 Å². The van der Waals surface area contributed by atoms with E-state index in [1.54, 1.807) is 12.1 Å². The fraction of sp³-hybridized carbons (Fsp3) is 0.0625. The lowest BCUT2D eigenvalue weighted by molar-refractivity contribution is 0.984. The van der Waals surface area contributed by atoms with Gasteiger partial charge in [-0.05, 0) is 51.4 Å². The third kappa shape index (κ3) is 1.02. The molecule has 0 atom stereocenters. The summed E-state index contributed by atoms with van der Waals surface area (Å²) < 4.78 is 0. The molecule has 0 fully saturated rings. The summed E-state index contributed by atoms with van der Waals surface area (Å²) in [5.41, 5.74) is 3.85. The molecule has 0 amide bonds. The fourth-order valence-electron chi connectivity index (χ4n) is 3.37. The van der Waals surface area contributed by atoms with Crippen LogP contribution in [0.3, 0.4) is 0 Å². The number of aromatic nitrogens is 2. The zero-order valence-corrected chi connectivity index (χ0v) is 10.1. The van der Waals surface area contributed by atoms with E-state index >= 15 is 0 Å². The van der Waals surface area contributed by atoms with E-state index < -0.39 is 0 Å². The van der Waals surface area contributed by atoms with E-state index in [1.165, 1.54) is 32.9 Å². The first-order valence-corrected chi connectivity index (χ1v) is 6.39. The molecule has 0 aliphatic heterocycles. The monoisotopic (exact) mass is 246 g/mol. The third-order valence-electron chi connectivity index (χ3n) is 4.18. The quantitative estimate of drug-likeness (QED) is 0.433. The summed E-state index contributed by atoms with van der Waals surface area (Å²) in [6, 6.07) is 11.6. The van der Waals surface area contributed by atoms with Gasteiger partial charge in [-0.15, -0.1) is 0 Å². The minimum atomic E-state index is 0.0595. The van der Waals surface area contributed by atoms with Crippen LogP contribution in [0.25, 0.3) is 32.4 Å². The zero-order chi connectivity index (χ0) is 12.6. The lowest BCUT2D eigenvalue weighted by Crippen LogP contribution is -1.89. The van der Waals surface area contributed by atoms with Crippen LogP contribution in [0.5, 0.6) is 0 Å². The Morgan fingerprint density at radius 2 is 1.89 bits per heavy atom. The molecule has 3 aromatic carbocycles. The molecular weight excluding hydrogens is 236 g/mol. The van der Waals surface area contributed by atoms with Crippen molar-refractivity contribution in [1.82, 2.24) is 10.2 Å². The summed E-state index contributed by atoms with van der Waals surface area (Å²) >= 11 is 0. The number of aromatic amines is 2. The molecule has 4 bridgehead atoms. The van der Waals surface area contributed by atoms with Gasteiger partial charge < -0.3 is 10.2 Å². The average molecular weight is 246 g/mol. The molecule has 0 spiro atoms. The van der Waals surface area contributed by atoms with E-state index in [0.29, 0.717) is 0 Å². The minimum Gasteiger partial charge on any atom is -0.304 e. The number of nitrogens with one attached hydrogen (secondary N) is 2. The molecule has 4 aromatic rings. The van der Waals surface area contributed by atoms with Crippen LogP contribution in [0.4, 0.5) is 0 Å². The highest BCUT2D eigenvalue weighted by Crippen LogP contribution is 2.40.